The van der Waals surface area contributed by atoms with Crippen LogP contribution in [-0.2, 0) is 6.54 Å². The van der Waals surface area contributed by atoms with Crippen molar-refractivity contribution >= 4 is 11.6 Å². The summed E-state index contributed by atoms with van der Waals surface area (Å²) in [6.45, 7) is 10.3. The molecule has 0 amide bonds. The van der Waals surface area contributed by atoms with Crippen LogP contribution in [0.3, 0.4) is 0 Å². The Morgan fingerprint density at radius 2 is 1.58 bits per heavy atom. The summed E-state index contributed by atoms with van der Waals surface area (Å²) >= 11 is 0. The monoisotopic (exact) mass is 440 g/mol. The van der Waals surface area contributed by atoms with E-state index in [0.29, 0.717) is 24.1 Å². The van der Waals surface area contributed by atoms with Crippen molar-refractivity contribution in [3.63, 3.8) is 0 Å². The highest BCUT2D eigenvalue weighted by Crippen LogP contribution is 2.25. The number of aromatic nitrogens is 2. The summed E-state index contributed by atoms with van der Waals surface area (Å²) in [4.78, 5) is 15.8. The van der Waals surface area contributed by atoms with Gasteiger partial charge in [-0.25, -0.2) is 9.97 Å². The van der Waals surface area contributed by atoms with Crippen LogP contribution < -0.4 is 9.80 Å². The molecule has 3 aromatic rings. The van der Waals surface area contributed by atoms with Gasteiger partial charge in [-0.05, 0) is 47.9 Å². The Bertz CT molecular complexity index is 1080. The highest BCUT2D eigenvalue weighted by atomic mass is 15.3. The van der Waals surface area contributed by atoms with Crippen molar-refractivity contribution in [3.8, 4) is 17.2 Å². The zero-order valence-electron chi connectivity index (χ0n) is 19.8. The van der Waals surface area contributed by atoms with Crippen molar-refractivity contribution in [1.82, 2.24) is 14.9 Å². The molecular formula is C27H32N6. The largest absolute Gasteiger partial charge is 0.369 e. The zero-order valence-corrected chi connectivity index (χ0v) is 19.8. The van der Waals surface area contributed by atoms with Crippen LogP contribution in [0.1, 0.15) is 25.1 Å². The molecule has 1 aliphatic rings. The Balaban J connectivity index is 1.46. The first-order valence-electron chi connectivity index (χ1n) is 11.6. The van der Waals surface area contributed by atoms with Gasteiger partial charge in [0, 0.05) is 51.2 Å². The van der Waals surface area contributed by atoms with Crippen LogP contribution in [0, 0.1) is 17.2 Å². The first-order chi connectivity index (χ1) is 16.0. The van der Waals surface area contributed by atoms with Crippen LogP contribution >= 0.6 is 0 Å². The van der Waals surface area contributed by atoms with Crippen LogP contribution in [-0.4, -0.2) is 54.6 Å². The van der Waals surface area contributed by atoms with Crippen LogP contribution in [0.5, 0.6) is 0 Å². The fourth-order valence-corrected chi connectivity index (χ4v) is 4.17. The molecule has 1 saturated heterocycles. The summed E-state index contributed by atoms with van der Waals surface area (Å²) in [6.07, 6.45) is 1.66. The van der Waals surface area contributed by atoms with Gasteiger partial charge in [0.1, 0.15) is 11.8 Å². The van der Waals surface area contributed by atoms with Gasteiger partial charge in [-0.15, -0.1) is 0 Å². The molecule has 6 nitrogen and oxygen atoms in total. The number of hydrogen-bond donors (Lipinski definition) is 0. The number of piperazine rings is 1. The van der Waals surface area contributed by atoms with E-state index < -0.39 is 0 Å². The molecule has 0 N–H and O–H groups in total. The van der Waals surface area contributed by atoms with Crippen molar-refractivity contribution in [3.05, 3.63) is 72.1 Å². The lowest BCUT2D eigenvalue weighted by molar-refractivity contribution is 0.313. The minimum absolute atomic E-state index is 0.393. The van der Waals surface area contributed by atoms with Gasteiger partial charge >= 0.3 is 0 Å². The molecule has 1 aromatic heterocycles. The number of rotatable bonds is 7. The van der Waals surface area contributed by atoms with Crippen LogP contribution in [0.4, 0.5) is 11.6 Å². The summed E-state index contributed by atoms with van der Waals surface area (Å²) < 4.78 is 0. The Hall–Kier alpha value is -3.43. The van der Waals surface area contributed by atoms with Crippen LogP contribution in [0.2, 0.25) is 0 Å². The van der Waals surface area contributed by atoms with Crippen LogP contribution in [0.15, 0.2) is 60.8 Å². The van der Waals surface area contributed by atoms with Gasteiger partial charge in [-0.3, -0.25) is 0 Å². The molecule has 1 aliphatic heterocycles. The highest BCUT2D eigenvalue weighted by molar-refractivity contribution is 5.66. The predicted molar refractivity (Wildman–Crippen MR) is 134 cm³/mol. The molecule has 0 radical (unpaired) electrons. The van der Waals surface area contributed by atoms with Crippen molar-refractivity contribution in [1.29, 1.82) is 5.26 Å². The van der Waals surface area contributed by atoms with E-state index >= 15 is 0 Å². The fourth-order valence-electron chi connectivity index (χ4n) is 4.17. The second kappa shape index (κ2) is 10.5. The van der Waals surface area contributed by atoms with Gasteiger partial charge in [0.25, 0.3) is 0 Å². The van der Waals surface area contributed by atoms with Gasteiger partial charge < -0.3 is 14.7 Å². The Morgan fingerprint density at radius 3 is 2.18 bits per heavy atom. The third-order valence-electron chi connectivity index (χ3n) is 6.02. The molecule has 6 heteroatoms. The summed E-state index contributed by atoms with van der Waals surface area (Å²) in [6, 6.07) is 21.4. The second-order valence-corrected chi connectivity index (χ2v) is 9.16. The third kappa shape index (κ3) is 5.88. The minimum atomic E-state index is 0.393. The van der Waals surface area contributed by atoms with Gasteiger partial charge in [0.2, 0.25) is 5.95 Å². The number of hydrogen-bond acceptors (Lipinski definition) is 6. The first-order valence-corrected chi connectivity index (χ1v) is 11.6. The molecule has 0 spiro atoms. The van der Waals surface area contributed by atoms with E-state index in [0.717, 1.165) is 32.7 Å². The molecule has 0 aliphatic carbocycles. The number of benzene rings is 2. The molecule has 0 bridgehead atoms. The molecule has 0 atom stereocenters. The summed E-state index contributed by atoms with van der Waals surface area (Å²) in [5.41, 5.74) is 5.32. The zero-order chi connectivity index (χ0) is 23.2. The maximum absolute atomic E-state index is 9.19. The van der Waals surface area contributed by atoms with E-state index in [1.807, 2.05) is 0 Å². The van der Waals surface area contributed by atoms with E-state index in [4.69, 9.17) is 0 Å². The topological polar surface area (TPSA) is 59.3 Å². The van der Waals surface area contributed by atoms with E-state index in [-0.39, 0.29) is 0 Å². The third-order valence-corrected chi connectivity index (χ3v) is 6.02. The van der Waals surface area contributed by atoms with Crippen molar-refractivity contribution < 1.29 is 0 Å². The maximum atomic E-state index is 9.19. The Kier molecular flexibility index (Phi) is 7.21. The van der Waals surface area contributed by atoms with Gasteiger partial charge in [-0.1, -0.05) is 50.2 Å². The Labute approximate surface area is 197 Å². The average Bonchev–Trinajstić information content (AvgIpc) is 2.84. The highest BCUT2D eigenvalue weighted by Gasteiger charge is 2.15. The molecular weight excluding hydrogens is 408 g/mol. The van der Waals surface area contributed by atoms with Crippen molar-refractivity contribution in [2.75, 3.05) is 49.6 Å². The molecule has 1 fully saturated rings. The maximum Gasteiger partial charge on any atom is 0.226 e. The molecule has 0 saturated carbocycles. The number of nitrogens with zero attached hydrogens (tertiary/aromatic N) is 6. The van der Waals surface area contributed by atoms with Crippen molar-refractivity contribution in [2.24, 2.45) is 5.92 Å². The lowest BCUT2D eigenvalue weighted by Gasteiger charge is -2.34. The normalized spacial score (nSPS) is 14.3. The second-order valence-electron chi connectivity index (χ2n) is 9.16. The minimum Gasteiger partial charge on any atom is -0.369 e. The summed E-state index contributed by atoms with van der Waals surface area (Å²) in [5, 5.41) is 9.19. The molecule has 33 heavy (non-hydrogen) atoms. The quantitative estimate of drug-likeness (QED) is 0.542. The fraction of sp³-hybridized carbons (Fsp3) is 0.370. The number of anilines is 2. The molecule has 170 valence electrons. The Morgan fingerprint density at radius 1 is 0.939 bits per heavy atom. The molecule has 4 rings (SSSR count). The average molecular weight is 441 g/mol. The molecule has 0 unspecified atom stereocenters. The van der Waals surface area contributed by atoms with E-state index in [1.165, 1.54) is 22.4 Å². The predicted octanol–water partition coefficient (Wildman–Crippen LogP) is 4.43. The van der Waals surface area contributed by atoms with Gasteiger partial charge in [0.15, 0.2) is 0 Å². The lowest BCUT2D eigenvalue weighted by atomic mass is 10.0. The summed E-state index contributed by atoms with van der Waals surface area (Å²) in [7, 11) is 2.18. The number of likely N-dealkylation sites (N-methyl/N-ethyl adjacent to an activating group) is 1. The van der Waals surface area contributed by atoms with E-state index in [2.05, 4.69) is 100 Å². The van der Waals surface area contributed by atoms with Gasteiger partial charge in [-0.2, -0.15) is 5.26 Å². The lowest BCUT2D eigenvalue weighted by Crippen LogP contribution is -2.44. The first kappa shape index (κ1) is 22.8. The van der Waals surface area contributed by atoms with E-state index in [1.54, 1.807) is 12.3 Å². The standard InChI is InChI=1S/C27H32N6/c1-21(2)19-33(27-29-13-12-25(18-28)30-27)20-22-4-6-23(7-5-22)24-8-10-26(11-9-24)32-16-14-31(3)15-17-32/h4-13,21H,14-17,19-20H2,1-3H3. The van der Waals surface area contributed by atoms with Gasteiger partial charge in [0.05, 0.1) is 0 Å². The molecule has 2 aromatic carbocycles. The summed E-state index contributed by atoms with van der Waals surface area (Å²) in [5.74, 6) is 1.06. The SMILES string of the molecule is CC(C)CN(Cc1ccc(-c2ccc(N3CCN(C)CC3)cc2)cc1)c1nccc(C#N)n1. The van der Waals surface area contributed by atoms with Crippen molar-refractivity contribution in [2.45, 2.75) is 20.4 Å². The van der Waals surface area contributed by atoms with Crippen LogP contribution in [0.25, 0.3) is 11.1 Å². The van der Waals surface area contributed by atoms with E-state index in [9.17, 15) is 5.26 Å². The molecule has 2 heterocycles. The number of nitriles is 1. The smallest absolute Gasteiger partial charge is 0.226 e.